The molecule has 0 atom stereocenters. The quantitative estimate of drug-likeness (QED) is 0.749. The Morgan fingerprint density at radius 1 is 1.07 bits per heavy atom. The van der Waals surface area contributed by atoms with Crippen LogP contribution in [-0.4, -0.2) is 45.0 Å². The Bertz CT molecular complexity index is 963. The summed E-state index contributed by atoms with van der Waals surface area (Å²) >= 11 is 1.61. The summed E-state index contributed by atoms with van der Waals surface area (Å²) in [4.78, 5) is 33.0. The minimum absolute atomic E-state index is 0.138. The Kier molecular flexibility index (Phi) is 4.20. The lowest BCUT2D eigenvalue weighted by Gasteiger charge is -2.30. The molecule has 0 spiro atoms. The minimum atomic E-state index is 0.138. The van der Waals surface area contributed by atoms with Crippen molar-refractivity contribution in [2.45, 2.75) is 31.7 Å². The van der Waals surface area contributed by atoms with Crippen LogP contribution in [0, 0.1) is 5.92 Å². The van der Waals surface area contributed by atoms with E-state index in [1.807, 2.05) is 12.1 Å². The number of carbonyl (C=O) groups excluding carboxylic acids is 1. The molecule has 0 unspecified atom stereocenters. The van der Waals surface area contributed by atoms with E-state index >= 15 is 0 Å². The third-order valence-electron chi connectivity index (χ3n) is 5.16. The van der Waals surface area contributed by atoms with Crippen molar-refractivity contribution in [3.8, 4) is 11.3 Å². The zero-order valence-corrected chi connectivity index (χ0v) is 15.7. The number of piperidine rings is 1. The lowest BCUT2D eigenvalue weighted by molar-refractivity contribution is -0.125. The topological polar surface area (TPSA) is 83.9 Å². The summed E-state index contributed by atoms with van der Waals surface area (Å²) in [6.07, 6.45) is 9.09. The average Bonchev–Trinajstić information content (AvgIpc) is 3.43. The number of rotatable bonds is 4. The molecule has 1 aliphatic carbocycles. The van der Waals surface area contributed by atoms with Crippen LogP contribution < -0.4 is 10.2 Å². The molecule has 0 bridgehead atoms. The number of nitrogens with zero attached hydrogens (tertiary/aromatic N) is 5. The first kappa shape index (κ1) is 16.6. The molecule has 0 aromatic carbocycles. The first-order valence-corrected chi connectivity index (χ1v) is 10.2. The maximum Gasteiger partial charge on any atom is 0.223 e. The van der Waals surface area contributed by atoms with Crippen LogP contribution in [0.15, 0.2) is 30.9 Å². The molecule has 2 fully saturated rings. The third kappa shape index (κ3) is 3.49. The maximum atomic E-state index is 12.2. The predicted octanol–water partition coefficient (Wildman–Crippen LogP) is 2.64. The second-order valence-electron chi connectivity index (χ2n) is 7.19. The Hall–Kier alpha value is -2.61. The SMILES string of the molecule is O=C(NC1CC1)C1CCN(c2nc3ccc(-c4cncnc4)nc3s2)CC1. The summed E-state index contributed by atoms with van der Waals surface area (Å²) in [5.74, 6) is 0.372. The van der Waals surface area contributed by atoms with E-state index in [9.17, 15) is 4.79 Å². The molecular weight excluding hydrogens is 360 g/mol. The summed E-state index contributed by atoms with van der Waals surface area (Å²) in [6, 6.07) is 4.40. The van der Waals surface area contributed by atoms with Gasteiger partial charge in [-0.3, -0.25) is 4.79 Å². The summed E-state index contributed by atoms with van der Waals surface area (Å²) < 4.78 is 0. The fraction of sp³-hybridized carbons (Fsp3) is 0.421. The maximum absolute atomic E-state index is 12.2. The molecule has 4 heterocycles. The molecule has 3 aromatic rings. The molecule has 1 amide bonds. The van der Waals surface area contributed by atoms with Crippen molar-refractivity contribution in [1.82, 2.24) is 25.3 Å². The number of aromatic nitrogens is 4. The first-order valence-electron chi connectivity index (χ1n) is 9.34. The van der Waals surface area contributed by atoms with Gasteiger partial charge in [0, 0.05) is 43.0 Å². The molecule has 0 radical (unpaired) electrons. The highest BCUT2D eigenvalue weighted by Gasteiger charge is 2.30. The highest BCUT2D eigenvalue weighted by atomic mass is 32.1. The molecule has 1 aliphatic heterocycles. The van der Waals surface area contributed by atoms with E-state index < -0.39 is 0 Å². The summed E-state index contributed by atoms with van der Waals surface area (Å²) in [5.41, 5.74) is 2.66. The number of hydrogen-bond donors (Lipinski definition) is 1. The minimum Gasteiger partial charge on any atom is -0.353 e. The number of amides is 1. The second kappa shape index (κ2) is 6.84. The predicted molar refractivity (Wildman–Crippen MR) is 105 cm³/mol. The smallest absolute Gasteiger partial charge is 0.223 e. The van der Waals surface area contributed by atoms with Gasteiger partial charge in [-0.15, -0.1) is 0 Å². The number of thiazole rings is 1. The van der Waals surface area contributed by atoms with Gasteiger partial charge in [0.2, 0.25) is 5.91 Å². The molecule has 3 aromatic heterocycles. The van der Waals surface area contributed by atoms with Gasteiger partial charge in [0.15, 0.2) is 5.13 Å². The van der Waals surface area contributed by atoms with E-state index in [2.05, 4.69) is 20.2 Å². The molecule has 5 rings (SSSR count). The fourth-order valence-corrected chi connectivity index (χ4v) is 4.40. The number of anilines is 1. The Morgan fingerprint density at radius 2 is 1.85 bits per heavy atom. The van der Waals surface area contributed by atoms with Crippen LogP contribution in [0.1, 0.15) is 25.7 Å². The molecule has 1 saturated heterocycles. The second-order valence-corrected chi connectivity index (χ2v) is 8.14. The van der Waals surface area contributed by atoms with Gasteiger partial charge in [0.1, 0.15) is 16.7 Å². The van der Waals surface area contributed by atoms with Crippen LogP contribution in [0.25, 0.3) is 21.6 Å². The van der Waals surface area contributed by atoms with Gasteiger partial charge in [0.25, 0.3) is 0 Å². The Labute approximate surface area is 160 Å². The van der Waals surface area contributed by atoms with E-state index in [0.29, 0.717) is 6.04 Å². The fourth-order valence-electron chi connectivity index (χ4n) is 3.41. The van der Waals surface area contributed by atoms with Crippen LogP contribution in [0.4, 0.5) is 5.13 Å². The van der Waals surface area contributed by atoms with Crippen LogP contribution >= 0.6 is 11.3 Å². The highest BCUT2D eigenvalue weighted by Crippen LogP contribution is 2.32. The van der Waals surface area contributed by atoms with Crippen LogP contribution in [0.5, 0.6) is 0 Å². The van der Waals surface area contributed by atoms with Crippen LogP contribution in [-0.2, 0) is 4.79 Å². The Balaban J connectivity index is 1.30. The largest absolute Gasteiger partial charge is 0.353 e. The monoisotopic (exact) mass is 380 g/mol. The van der Waals surface area contributed by atoms with Gasteiger partial charge in [-0.25, -0.2) is 19.9 Å². The van der Waals surface area contributed by atoms with Gasteiger partial charge in [-0.1, -0.05) is 11.3 Å². The lowest BCUT2D eigenvalue weighted by atomic mass is 9.96. The molecule has 1 N–H and O–H groups in total. The summed E-state index contributed by atoms with van der Waals surface area (Å²) in [7, 11) is 0. The number of nitrogens with one attached hydrogen (secondary N) is 1. The average molecular weight is 380 g/mol. The van der Waals surface area contributed by atoms with Gasteiger partial charge in [-0.2, -0.15) is 0 Å². The van der Waals surface area contributed by atoms with E-state index in [-0.39, 0.29) is 11.8 Å². The highest BCUT2D eigenvalue weighted by molar-refractivity contribution is 7.21. The zero-order chi connectivity index (χ0) is 18.2. The van der Waals surface area contributed by atoms with Crippen molar-refractivity contribution in [3.63, 3.8) is 0 Å². The molecule has 8 heteroatoms. The standard InChI is InChI=1S/C19H20N6OS/c26-17(22-14-1-2-14)12-5-7-25(8-6-12)19-24-16-4-3-15(23-18(16)27-19)13-9-20-11-21-10-13/h3-4,9-12,14H,1-2,5-8H2,(H,22,26). The molecule has 2 aliphatic rings. The van der Waals surface area contributed by atoms with E-state index in [1.165, 1.54) is 6.33 Å². The van der Waals surface area contributed by atoms with Crippen molar-refractivity contribution >= 4 is 32.7 Å². The van der Waals surface area contributed by atoms with Crippen molar-refractivity contribution < 1.29 is 4.79 Å². The van der Waals surface area contributed by atoms with Crippen LogP contribution in [0.3, 0.4) is 0 Å². The van der Waals surface area contributed by atoms with Crippen molar-refractivity contribution in [3.05, 3.63) is 30.9 Å². The van der Waals surface area contributed by atoms with E-state index in [4.69, 9.17) is 9.97 Å². The van der Waals surface area contributed by atoms with E-state index in [0.717, 1.165) is 65.5 Å². The number of pyridine rings is 1. The first-order chi connectivity index (χ1) is 13.3. The van der Waals surface area contributed by atoms with Crippen molar-refractivity contribution in [2.75, 3.05) is 18.0 Å². The van der Waals surface area contributed by atoms with Gasteiger partial charge < -0.3 is 10.2 Å². The van der Waals surface area contributed by atoms with Gasteiger partial charge >= 0.3 is 0 Å². The molecule has 1 saturated carbocycles. The zero-order valence-electron chi connectivity index (χ0n) is 14.8. The van der Waals surface area contributed by atoms with Crippen molar-refractivity contribution in [2.24, 2.45) is 5.92 Å². The van der Waals surface area contributed by atoms with Gasteiger partial charge in [-0.05, 0) is 37.8 Å². The molecular formula is C19H20N6OS. The summed E-state index contributed by atoms with van der Waals surface area (Å²) in [6.45, 7) is 1.73. The van der Waals surface area contributed by atoms with Crippen molar-refractivity contribution in [1.29, 1.82) is 0 Å². The lowest BCUT2D eigenvalue weighted by Crippen LogP contribution is -2.41. The van der Waals surface area contributed by atoms with Crippen LogP contribution in [0.2, 0.25) is 0 Å². The normalized spacial score (nSPS) is 18.0. The van der Waals surface area contributed by atoms with Gasteiger partial charge in [0.05, 0.1) is 5.69 Å². The molecule has 27 heavy (non-hydrogen) atoms. The number of carbonyl (C=O) groups is 1. The molecule has 7 nitrogen and oxygen atoms in total. The third-order valence-corrected chi connectivity index (χ3v) is 6.19. The molecule has 138 valence electrons. The number of fused-ring (bicyclic) bond motifs is 1. The van der Waals surface area contributed by atoms with E-state index in [1.54, 1.807) is 23.7 Å². The summed E-state index contributed by atoms with van der Waals surface area (Å²) in [5, 5.41) is 4.12. The number of hydrogen-bond acceptors (Lipinski definition) is 7. The Morgan fingerprint density at radius 3 is 2.59 bits per heavy atom.